The maximum absolute atomic E-state index is 12.8. The second-order valence-corrected chi connectivity index (χ2v) is 16.4. The van der Waals surface area contributed by atoms with Gasteiger partial charge in [0, 0.05) is 19.5 Å². The number of carboxylic acids is 1. The van der Waals surface area contributed by atoms with Crippen LogP contribution in [0, 0.1) is 0 Å². The van der Waals surface area contributed by atoms with Crippen LogP contribution in [-0.4, -0.2) is 53.9 Å². The Morgan fingerprint density at radius 3 is 2.41 bits per heavy atom. The minimum Gasteiger partial charge on any atom is -0.480 e. The van der Waals surface area contributed by atoms with Gasteiger partial charge < -0.3 is 14.9 Å². The molecular weight excluding hydrogens is 470 g/mol. The first-order valence-electron chi connectivity index (χ1n) is 11.2. The Morgan fingerprint density at radius 2 is 1.85 bits per heavy atom. The van der Waals surface area contributed by atoms with E-state index in [-0.39, 0.29) is 19.6 Å². The number of β-amino-alcohol motifs (C(OH)–C–C–N with tert-alkyl or cyclic N) is 1. The molecule has 1 amide bonds. The third-order valence-corrected chi connectivity index (χ3v) is 8.32. The van der Waals surface area contributed by atoms with E-state index < -0.39 is 31.3 Å². The summed E-state index contributed by atoms with van der Waals surface area (Å²) in [6.07, 6.45) is 0.881. The van der Waals surface area contributed by atoms with E-state index in [9.17, 15) is 19.8 Å². The van der Waals surface area contributed by atoms with E-state index in [1.165, 1.54) is 6.92 Å². The first-order valence-corrected chi connectivity index (χ1v) is 15.3. The number of aliphatic hydroxyl groups is 1. The molecule has 34 heavy (non-hydrogen) atoms. The molecule has 1 heterocycles. The molecule has 1 aliphatic heterocycles. The fraction of sp³-hybridized carbons (Fsp3) is 0.385. The van der Waals surface area contributed by atoms with Crippen LogP contribution in [0.4, 0.5) is 4.79 Å². The molecule has 2 aromatic rings. The number of benzene rings is 2. The van der Waals surface area contributed by atoms with Crippen molar-refractivity contribution in [2.75, 3.05) is 13.2 Å². The number of likely N-dealkylation sites (tertiary alicyclic amines) is 1. The zero-order valence-corrected chi connectivity index (χ0v) is 21.9. The van der Waals surface area contributed by atoms with E-state index in [4.69, 9.17) is 16.3 Å². The molecule has 0 saturated carbocycles. The fourth-order valence-corrected chi connectivity index (χ4v) is 5.13. The number of aliphatic carboxylic acids is 1. The Morgan fingerprint density at radius 1 is 1.21 bits per heavy atom. The van der Waals surface area contributed by atoms with E-state index in [2.05, 4.69) is 26.2 Å². The number of halogens is 1. The average molecular weight is 502 g/mol. The van der Waals surface area contributed by atoms with Crippen LogP contribution in [-0.2, 0) is 15.1 Å². The Bertz CT molecular complexity index is 1100. The first-order chi connectivity index (χ1) is 15.8. The van der Waals surface area contributed by atoms with Gasteiger partial charge in [0.2, 0.25) is 0 Å². The van der Waals surface area contributed by atoms with Gasteiger partial charge in [-0.25, -0.2) is 9.59 Å². The van der Waals surface area contributed by atoms with Gasteiger partial charge in [-0.05, 0) is 47.4 Å². The molecule has 1 aliphatic rings. The topological polar surface area (TPSA) is 87.1 Å². The Kier molecular flexibility index (Phi) is 7.31. The van der Waals surface area contributed by atoms with Crippen LogP contribution in [0.2, 0.25) is 30.7 Å². The summed E-state index contributed by atoms with van der Waals surface area (Å²) in [6, 6.07) is 13.5. The number of carbonyl (C=O) groups excluding carboxylic acids is 1. The van der Waals surface area contributed by atoms with E-state index in [0.29, 0.717) is 10.6 Å². The van der Waals surface area contributed by atoms with Gasteiger partial charge in [-0.2, -0.15) is 0 Å². The van der Waals surface area contributed by atoms with Crippen molar-refractivity contribution >= 4 is 37.8 Å². The molecule has 1 saturated heterocycles. The molecule has 182 valence electrons. The molecule has 0 aromatic heterocycles. The van der Waals surface area contributed by atoms with E-state index in [1.807, 2.05) is 24.3 Å². The predicted octanol–water partition coefficient (Wildman–Crippen LogP) is 5.86. The number of nitrogens with zero attached hydrogens (tertiary/aromatic N) is 1. The molecule has 0 bridgehead atoms. The summed E-state index contributed by atoms with van der Waals surface area (Å²) >= 11 is 6.17. The van der Waals surface area contributed by atoms with Gasteiger partial charge in [-0.3, -0.25) is 4.90 Å². The molecule has 3 rings (SSSR count). The van der Waals surface area contributed by atoms with Crippen molar-refractivity contribution in [3.63, 3.8) is 0 Å². The summed E-state index contributed by atoms with van der Waals surface area (Å²) in [7, 11) is -1.42. The van der Waals surface area contributed by atoms with Crippen LogP contribution in [0.15, 0.2) is 49.0 Å². The van der Waals surface area contributed by atoms with Gasteiger partial charge in [-0.1, -0.05) is 74.2 Å². The van der Waals surface area contributed by atoms with Gasteiger partial charge in [0.05, 0.1) is 13.2 Å². The van der Waals surface area contributed by atoms with Crippen molar-refractivity contribution in [2.45, 2.75) is 50.2 Å². The first kappa shape index (κ1) is 26.0. The molecule has 0 aliphatic carbocycles. The van der Waals surface area contributed by atoms with Crippen molar-refractivity contribution in [3.05, 3.63) is 65.2 Å². The Balaban J connectivity index is 1.87. The molecule has 2 N–H and O–H groups in total. The van der Waals surface area contributed by atoms with Crippen molar-refractivity contribution in [1.29, 1.82) is 0 Å². The van der Waals surface area contributed by atoms with Crippen LogP contribution < -0.4 is 0 Å². The molecule has 0 radical (unpaired) electrons. The lowest BCUT2D eigenvalue weighted by Gasteiger charge is -2.30. The van der Waals surface area contributed by atoms with Gasteiger partial charge >= 0.3 is 12.1 Å². The van der Waals surface area contributed by atoms with Crippen LogP contribution >= 0.6 is 11.6 Å². The number of ether oxygens (including phenoxy) is 1. The maximum atomic E-state index is 12.8. The summed E-state index contributed by atoms with van der Waals surface area (Å²) in [4.78, 5) is 26.1. The lowest BCUT2D eigenvalue weighted by molar-refractivity contribution is -0.148. The molecule has 0 spiro atoms. The zero-order valence-electron chi connectivity index (χ0n) is 20.1. The lowest BCUT2D eigenvalue weighted by Crippen LogP contribution is -2.51. The lowest BCUT2D eigenvalue weighted by atomic mass is 9.85. The van der Waals surface area contributed by atoms with Crippen molar-refractivity contribution in [1.82, 2.24) is 4.90 Å². The van der Waals surface area contributed by atoms with Crippen molar-refractivity contribution in [3.8, 4) is 11.1 Å². The van der Waals surface area contributed by atoms with Gasteiger partial charge in [0.15, 0.2) is 0 Å². The molecule has 0 unspecified atom stereocenters. The molecule has 8 heteroatoms. The van der Waals surface area contributed by atoms with Crippen LogP contribution in [0.3, 0.4) is 0 Å². The summed E-state index contributed by atoms with van der Waals surface area (Å²) in [6.45, 7) is 11.9. The summed E-state index contributed by atoms with van der Waals surface area (Å²) in [5.41, 5.74) is 0.110. The van der Waals surface area contributed by atoms with Crippen LogP contribution in [0.1, 0.15) is 24.5 Å². The second-order valence-electron chi connectivity index (χ2n) is 10.3. The van der Waals surface area contributed by atoms with Crippen molar-refractivity contribution < 1.29 is 24.5 Å². The molecular formula is C26H32ClNO5Si. The standard InChI is InChI=1S/C26H32ClNO5Si/c1-6-18-9-12-21(27)15-22(18)19-7-10-20(11-8-19)26(32)16-25(2,23(29)30)28(17-26)24(31)33-13-14-34(3,4)5/h6-12,15,32H,1,13-14,16-17H2,2-5H3,(H,29,30)/t25-,26-/m0/s1. The normalized spacial score (nSPS) is 22.5. The fourth-order valence-electron chi connectivity index (χ4n) is 4.25. The summed E-state index contributed by atoms with van der Waals surface area (Å²) < 4.78 is 5.42. The van der Waals surface area contributed by atoms with Crippen molar-refractivity contribution in [2.24, 2.45) is 0 Å². The highest BCUT2D eigenvalue weighted by Gasteiger charge is 2.57. The number of rotatable bonds is 7. The number of hydrogen-bond acceptors (Lipinski definition) is 4. The smallest absolute Gasteiger partial charge is 0.410 e. The minimum absolute atomic E-state index is 0.146. The third-order valence-electron chi connectivity index (χ3n) is 6.38. The highest BCUT2D eigenvalue weighted by Crippen LogP contribution is 2.43. The number of carboxylic acid groups (broad SMARTS) is 1. The van der Waals surface area contributed by atoms with Crippen LogP contribution in [0.5, 0.6) is 0 Å². The van der Waals surface area contributed by atoms with Gasteiger partial charge in [0.1, 0.15) is 11.1 Å². The average Bonchev–Trinajstić information content (AvgIpc) is 3.06. The molecule has 6 nitrogen and oxygen atoms in total. The van der Waals surface area contributed by atoms with Crippen LogP contribution in [0.25, 0.3) is 17.2 Å². The van der Waals surface area contributed by atoms with E-state index in [0.717, 1.165) is 27.6 Å². The quantitative estimate of drug-likeness (QED) is 0.464. The maximum Gasteiger partial charge on any atom is 0.410 e. The zero-order chi connectivity index (χ0) is 25.3. The largest absolute Gasteiger partial charge is 0.480 e. The summed E-state index contributed by atoms with van der Waals surface area (Å²) in [5.74, 6) is -1.18. The predicted molar refractivity (Wildman–Crippen MR) is 138 cm³/mol. The van der Waals surface area contributed by atoms with Gasteiger partial charge in [-0.15, -0.1) is 0 Å². The Labute approximate surface area is 206 Å². The molecule has 2 atom stereocenters. The number of carbonyl (C=O) groups is 2. The minimum atomic E-state index is -1.59. The number of hydrogen-bond donors (Lipinski definition) is 2. The SMILES string of the molecule is C=Cc1ccc(Cl)cc1-c1ccc([C@@]2(O)CN(C(=O)OCC[Si](C)(C)C)[C@](C)(C(=O)O)C2)cc1. The monoisotopic (exact) mass is 501 g/mol. The third kappa shape index (κ3) is 5.37. The van der Waals surface area contributed by atoms with E-state index >= 15 is 0 Å². The Hall–Kier alpha value is -2.61. The number of amides is 1. The summed E-state index contributed by atoms with van der Waals surface area (Å²) in [5, 5.41) is 22.0. The highest BCUT2D eigenvalue weighted by atomic mass is 35.5. The molecule has 2 aromatic carbocycles. The second kappa shape index (κ2) is 9.56. The van der Waals surface area contributed by atoms with E-state index in [1.54, 1.807) is 24.3 Å². The highest BCUT2D eigenvalue weighted by molar-refractivity contribution is 6.76. The van der Waals surface area contributed by atoms with Gasteiger partial charge in [0.25, 0.3) is 0 Å². The molecule has 1 fully saturated rings.